The fourth-order valence-electron chi connectivity index (χ4n) is 10.2. The minimum atomic E-state index is -1.38. The quantitative estimate of drug-likeness (QED) is 0.106. The molecule has 4 atom stereocenters. The van der Waals surface area contributed by atoms with Crippen LogP contribution in [0.1, 0.15) is 67.8 Å². The monoisotopic (exact) mass is 793 g/mol. The lowest BCUT2D eigenvalue weighted by molar-refractivity contribution is -0.681. The number of aryl methyl sites for hydroxylation is 1. The zero-order valence-electron chi connectivity index (χ0n) is 35.8. The smallest absolute Gasteiger partial charge is 0.299 e. The van der Waals surface area contributed by atoms with Crippen molar-refractivity contribution in [3.05, 3.63) is 163 Å². The van der Waals surface area contributed by atoms with Gasteiger partial charge in [0, 0.05) is 40.3 Å². The van der Waals surface area contributed by atoms with E-state index < -0.39 is 8.07 Å². The molecule has 298 valence electrons. The van der Waals surface area contributed by atoms with Crippen LogP contribution in [-0.4, -0.2) is 35.5 Å². The Morgan fingerprint density at radius 1 is 0.864 bits per heavy atom. The third-order valence-corrected chi connectivity index (χ3v) is 15.3. The molecule has 0 bridgehead atoms. The maximum Gasteiger partial charge on any atom is 0.299 e. The van der Waals surface area contributed by atoms with Crippen molar-refractivity contribution in [3.63, 3.8) is 0 Å². The molecule has 0 aliphatic carbocycles. The van der Waals surface area contributed by atoms with E-state index in [9.17, 15) is 0 Å². The summed E-state index contributed by atoms with van der Waals surface area (Å²) in [6.45, 7) is 30.1. The fourth-order valence-corrected chi connectivity index (χ4v) is 11.1. The second-order valence-corrected chi connectivity index (χ2v) is 24.3. The Bertz CT molecular complexity index is 2810. The molecule has 0 amide bonds. The van der Waals surface area contributed by atoms with Gasteiger partial charge in [-0.3, -0.25) is 0 Å². The second-order valence-electron chi connectivity index (χ2n) is 18.7. The van der Waals surface area contributed by atoms with Crippen molar-refractivity contribution in [2.45, 2.75) is 83.7 Å². The zero-order valence-corrected chi connectivity index (χ0v) is 36.8. The SMILES string of the molecule is C=CC1=[N+](CC[Si](C)(C)C)C2CC(=C)n3c([n+](C(C(=C)c4ccccc4)C(C)C(C)C)c4ccccc43)-c3c(ccc4c3oc3ccccc34)CCC2c2ccccc21. The van der Waals surface area contributed by atoms with Crippen molar-refractivity contribution in [1.82, 2.24) is 4.57 Å². The van der Waals surface area contributed by atoms with Crippen LogP contribution < -0.4 is 4.57 Å². The Balaban J connectivity index is 1.38. The minimum Gasteiger partial charge on any atom is -0.455 e. The van der Waals surface area contributed by atoms with Crippen LogP contribution in [0.5, 0.6) is 0 Å². The van der Waals surface area contributed by atoms with E-state index in [1.54, 1.807) is 0 Å². The van der Waals surface area contributed by atoms with Crippen molar-refractivity contribution in [2.75, 3.05) is 6.54 Å². The van der Waals surface area contributed by atoms with Crippen LogP contribution in [0.3, 0.4) is 0 Å². The molecule has 0 spiro atoms. The fraction of sp³-hybridized carbons (Fsp3) is 0.296. The van der Waals surface area contributed by atoms with Crippen LogP contribution in [0, 0.1) is 11.8 Å². The highest BCUT2D eigenvalue weighted by molar-refractivity contribution is 6.76. The molecule has 0 saturated carbocycles. The third kappa shape index (κ3) is 6.68. The van der Waals surface area contributed by atoms with Gasteiger partial charge in [0.1, 0.15) is 29.4 Å². The summed E-state index contributed by atoms with van der Waals surface area (Å²) in [6.07, 6.45) is 4.83. The third-order valence-electron chi connectivity index (χ3n) is 13.6. The van der Waals surface area contributed by atoms with Crippen LogP contribution in [0.15, 0.2) is 145 Å². The highest BCUT2D eigenvalue weighted by Gasteiger charge is 2.46. The number of para-hydroxylation sites is 3. The predicted octanol–water partition coefficient (Wildman–Crippen LogP) is 13.3. The largest absolute Gasteiger partial charge is 0.455 e. The van der Waals surface area contributed by atoms with E-state index in [0.29, 0.717) is 11.8 Å². The first-order valence-corrected chi connectivity index (χ1v) is 25.4. The molecule has 2 aliphatic rings. The van der Waals surface area contributed by atoms with Crippen molar-refractivity contribution in [2.24, 2.45) is 11.8 Å². The molecule has 2 aliphatic heterocycles. The number of imidazole rings is 1. The summed E-state index contributed by atoms with van der Waals surface area (Å²) in [4.78, 5) is 0. The Hall–Kier alpha value is -5.52. The van der Waals surface area contributed by atoms with E-state index in [4.69, 9.17) is 17.6 Å². The number of rotatable bonds is 9. The van der Waals surface area contributed by atoms with Crippen molar-refractivity contribution in [3.8, 4) is 11.4 Å². The molecule has 4 nitrogen and oxygen atoms in total. The average Bonchev–Trinajstić information content (AvgIpc) is 3.78. The number of fused-ring (bicyclic) bond motifs is 12. The van der Waals surface area contributed by atoms with Crippen LogP contribution >= 0.6 is 0 Å². The Labute approximate surface area is 351 Å². The molecule has 4 heterocycles. The summed E-state index contributed by atoms with van der Waals surface area (Å²) >= 11 is 0. The van der Waals surface area contributed by atoms with Crippen molar-refractivity contribution >= 4 is 58.0 Å². The first-order valence-electron chi connectivity index (χ1n) is 21.7. The summed E-state index contributed by atoms with van der Waals surface area (Å²) in [7, 11) is -1.38. The standard InChI is InChI=1S/C54H59N3OSi/c1-10-46-42-23-15-14-22-41(42)43-30-28-40-29-31-45-44-24-16-19-27-50(44)58-53(45)51(40)54-56(36(4)34-49(43)55(46)32-33-59(7,8)9)47-25-17-18-26-48(47)57(54)52(37(5)35(2)3)38(6)39-20-12-11-13-21-39/h10-27,29,31,35,37,43,49,52H,1,4,6,28,30,32-34H2,2-3,5,7-9H3/q+2. The van der Waals surface area contributed by atoms with Gasteiger partial charge in [-0.25, -0.2) is 9.14 Å². The first kappa shape index (κ1) is 39.0. The summed E-state index contributed by atoms with van der Waals surface area (Å²) in [6, 6.07) is 43.5. The molecule has 9 rings (SSSR count). The number of allylic oxidation sites excluding steroid dienone is 2. The number of hydrogen-bond acceptors (Lipinski definition) is 1. The molecule has 2 aromatic heterocycles. The summed E-state index contributed by atoms with van der Waals surface area (Å²) in [5.41, 5.74) is 14.0. The van der Waals surface area contributed by atoms with Gasteiger partial charge in [0.15, 0.2) is 22.7 Å². The molecule has 4 unspecified atom stereocenters. The highest BCUT2D eigenvalue weighted by atomic mass is 28.3. The molecule has 0 fully saturated rings. The Kier molecular flexibility index (Phi) is 10.1. The summed E-state index contributed by atoms with van der Waals surface area (Å²) < 4.78 is 15.0. The Morgan fingerprint density at radius 2 is 1.58 bits per heavy atom. The topological polar surface area (TPSA) is 25.0 Å². The molecule has 5 heteroatoms. The lowest BCUT2D eigenvalue weighted by Crippen LogP contribution is -2.47. The van der Waals surface area contributed by atoms with Crippen molar-refractivity contribution in [1.29, 1.82) is 0 Å². The molecule has 0 N–H and O–H groups in total. The lowest BCUT2D eigenvalue weighted by atomic mass is 9.77. The Morgan fingerprint density at radius 3 is 2.34 bits per heavy atom. The van der Waals surface area contributed by atoms with Gasteiger partial charge in [0.25, 0.3) is 5.82 Å². The normalized spacial score (nSPS) is 18.1. The molecule has 7 aromatic rings. The van der Waals surface area contributed by atoms with E-state index in [1.165, 1.54) is 34.0 Å². The van der Waals surface area contributed by atoms with Gasteiger partial charge in [-0.2, -0.15) is 4.57 Å². The van der Waals surface area contributed by atoms with Gasteiger partial charge < -0.3 is 4.42 Å². The van der Waals surface area contributed by atoms with E-state index >= 15 is 0 Å². The number of nitrogens with zero attached hydrogens (tertiary/aromatic N) is 3. The van der Waals surface area contributed by atoms with Gasteiger partial charge in [-0.05, 0) is 65.3 Å². The lowest BCUT2D eigenvalue weighted by Gasteiger charge is -2.34. The van der Waals surface area contributed by atoms with E-state index in [0.717, 1.165) is 81.5 Å². The first-order chi connectivity index (χ1) is 28.5. The predicted molar refractivity (Wildman–Crippen MR) is 252 cm³/mol. The maximum atomic E-state index is 7.07. The van der Waals surface area contributed by atoms with Crippen LogP contribution in [0.25, 0.3) is 55.6 Å². The van der Waals surface area contributed by atoms with Gasteiger partial charge in [0.2, 0.25) is 5.71 Å². The number of benzene rings is 5. The average molecular weight is 794 g/mol. The number of hydrogen-bond donors (Lipinski definition) is 0. The molecule has 0 saturated heterocycles. The van der Waals surface area contributed by atoms with E-state index in [2.05, 4.69) is 182 Å². The minimum absolute atomic E-state index is 0.0509. The number of furan rings is 1. The van der Waals surface area contributed by atoms with E-state index in [1.807, 2.05) is 0 Å². The highest BCUT2D eigenvalue weighted by Crippen LogP contribution is 2.46. The summed E-state index contributed by atoms with van der Waals surface area (Å²) in [5.74, 6) is 2.07. The van der Waals surface area contributed by atoms with Gasteiger partial charge >= 0.3 is 0 Å². The molecular formula is C54H59N3OSi+2. The summed E-state index contributed by atoms with van der Waals surface area (Å²) in [5, 5.41) is 2.28. The zero-order chi connectivity index (χ0) is 41.2. The molecular weight excluding hydrogens is 735 g/mol. The van der Waals surface area contributed by atoms with Crippen LogP contribution in [0.4, 0.5) is 0 Å². The second kappa shape index (κ2) is 15.3. The number of aromatic nitrogens is 2. The molecule has 5 aromatic carbocycles. The van der Waals surface area contributed by atoms with Crippen LogP contribution in [-0.2, 0) is 6.42 Å². The van der Waals surface area contributed by atoms with E-state index in [-0.39, 0.29) is 18.0 Å². The van der Waals surface area contributed by atoms with Crippen LogP contribution in [0.2, 0.25) is 25.7 Å². The molecule has 59 heavy (non-hydrogen) atoms. The van der Waals surface area contributed by atoms with Crippen molar-refractivity contribution < 1.29 is 13.6 Å². The van der Waals surface area contributed by atoms with Gasteiger partial charge in [0.05, 0.1) is 14.5 Å². The maximum absolute atomic E-state index is 7.07. The molecule has 0 radical (unpaired) electrons. The van der Waals surface area contributed by atoms with Gasteiger partial charge in [-0.15, -0.1) is 0 Å². The van der Waals surface area contributed by atoms with Gasteiger partial charge in [-0.1, -0.05) is 151 Å².